The molecule has 2 aromatic rings. The zero-order chi connectivity index (χ0) is 11.6. The molecule has 2 aromatic carbocycles. The predicted molar refractivity (Wildman–Crippen MR) is 64.9 cm³/mol. The molecule has 0 bridgehead atoms. The fourth-order valence-corrected chi connectivity index (χ4v) is 2.34. The molecular formula is C12H9MgO3P. The third-order valence-corrected chi connectivity index (χ3v) is 3.26. The first-order valence-corrected chi connectivity index (χ1v) is 6.30. The Bertz CT molecular complexity index is 536. The maximum atomic E-state index is 11.1. The first-order chi connectivity index (χ1) is 7.59. The third-order valence-electron chi connectivity index (χ3n) is 2.28. The van der Waals surface area contributed by atoms with Crippen molar-refractivity contribution < 1.29 is 14.4 Å². The van der Waals surface area contributed by atoms with Crippen LogP contribution in [0.5, 0.6) is 0 Å². The molecule has 0 amide bonds. The van der Waals surface area contributed by atoms with Crippen molar-refractivity contribution in [2.45, 2.75) is 0 Å². The molecule has 2 rings (SSSR count). The molecular weight excluding hydrogens is 247 g/mol. The quantitative estimate of drug-likeness (QED) is 0.581. The minimum atomic E-state index is -4.72. The summed E-state index contributed by atoms with van der Waals surface area (Å²) in [5.41, 5.74) is 1.18. The van der Waals surface area contributed by atoms with Crippen molar-refractivity contribution in [1.29, 1.82) is 0 Å². The van der Waals surface area contributed by atoms with Gasteiger partial charge in [-0.2, -0.15) is 0 Å². The van der Waals surface area contributed by atoms with Gasteiger partial charge in [0.25, 0.3) is 0 Å². The van der Waals surface area contributed by atoms with Crippen molar-refractivity contribution >= 4 is 36.0 Å². The molecule has 0 aliphatic carbocycles. The van der Waals surface area contributed by atoms with E-state index in [1.54, 1.807) is 42.5 Å². The van der Waals surface area contributed by atoms with E-state index in [-0.39, 0.29) is 28.4 Å². The van der Waals surface area contributed by atoms with Gasteiger partial charge in [-0.15, -0.1) is 0 Å². The van der Waals surface area contributed by atoms with Gasteiger partial charge in [-0.25, -0.2) is 0 Å². The summed E-state index contributed by atoms with van der Waals surface area (Å²) in [5, 5.41) is -0.152. The van der Waals surface area contributed by atoms with Gasteiger partial charge in [0, 0.05) is 0 Å². The molecule has 0 radical (unpaired) electrons. The maximum absolute atomic E-state index is 11.1. The molecule has 0 aliphatic rings. The molecule has 0 unspecified atom stereocenters. The fraction of sp³-hybridized carbons (Fsp3) is 0. The number of hydrogen-bond donors (Lipinski definition) is 0. The van der Waals surface area contributed by atoms with Crippen molar-refractivity contribution in [1.82, 2.24) is 0 Å². The molecule has 0 spiro atoms. The van der Waals surface area contributed by atoms with Crippen LogP contribution in [0.25, 0.3) is 11.1 Å². The maximum Gasteiger partial charge on any atom is 2.00 e. The zero-order valence-electron chi connectivity index (χ0n) is 9.08. The summed E-state index contributed by atoms with van der Waals surface area (Å²) in [6, 6.07) is 15.2. The Morgan fingerprint density at radius 1 is 0.824 bits per heavy atom. The molecule has 0 heterocycles. The fourth-order valence-electron chi connectivity index (χ4n) is 1.57. The Labute approximate surface area is 116 Å². The van der Waals surface area contributed by atoms with E-state index in [0.717, 1.165) is 5.56 Å². The summed E-state index contributed by atoms with van der Waals surface area (Å²) in [4.78, 5) is 22.2. The van der Waals surface area contributed by atoms with E-state index in [2.05, 4.69) is 0 Å². The van der Waals surface area contributed by atoms with E-state index in [0.29, 0.717) is 5.56 Å². The van der Waals surface area contributed by atoms with E-state index >= 15 is 0 Å². The van der Waals surface area contributed by atoms with Crippen LogP contribution in [0, 0.1) is 0 Å². The van der Waals surface area contributed by atoms with Crippen LogP contribution in [-0.2, 0) is 4.57 Å². The Kier molecular flexibility index (Phi) is 4.92. The van der Waals surface area contributed by atoms with Crippen molar-refractivity contribution in [3.05, 3.63) is 54.6 Å². The molecule has 0 aliphatic heterocycles. The van der Waals surface area contributed by atoms with Crippen LogP contribution in [0.2, 0.25) is 0 Å². The van der Waals surface area contributed by atoms with Gasteiger partial charge in [0.1, 0.15) is 0 Å². The topological polar surface area (TPSA) is 63.2 Å². The zero-order valence-corrected chi connectivity index (χ0v) is 11.4. The van der Waals surface area contributed by atoms with Crippen molar-refractivity contribution in [3.8, 4) is 11.1 Å². The molecule has 0 saturated carbocycles. The van der Waals surface area contributed by atoms with E-state index in [1.165, 1.54) is 6.07 Å². The summed E-state index contributed by atoms with van der Waals surface area (Å²) in [6.07, 6.45) is 0. The van der Waals surface area contributed by atoms with E-state index in [1.807, 2.05) is 6.07 Å². The van der Waals surface area contributed by atoms with Crippen LogP contribution in [-0.4, -0.2) is 23.1 Å². The first-order valence-electron chi connectivity index (χ1n) is 4.76. The van der Waals surface area contributed by atoms with Gasteiger partial charge in [-0.1, -0.05) is 54.6 Å². The summed E-state index contributed by atoms with van der Waals surface area (Å²) in [5.74, 6) is 0. The summed E-state index contributed by atoms with van der Waals surface area (Å²) < 4.78 is 11.1. The van der Waals surface area contributed by atoms with Gasteiger partial charge in [-0.05, 0) is 24.0 Å². The largest absolute Gasteiger partial charge is 2.00 e. The molecule has 17 heavy (non-hydrogen) atoms. The van der Waals surface area contributed by atoms with Gasteiger partial charge in [0.05, 0.1) is 0 Å². The SMILES string of the molecule is O=P([O-])([O-])c1ccccc1-c1ccccc1.[Mg+2]. The summed E-state index contributed by atoms with van der Waals surface area (Å²) >= 11 is 0. The van der Waals surface area contributed by atoms with Gasteiger partial charge < -0.3 is 14.4 Å². The second-order valence-corrected chi connectivity index (χ2v) is 4.86. The molecule has 0 aromatic heterocycles. The number of hydrogen-bond acceptors (Lipinski definition) is 3. The smallest absolute Gasteiger partial charge is 0.807 e. The molecule has 0 atom stereocenters. The molecule has 3 nitrogen and oxygen atoms in total. The summed E-state index contributed by atoms with van der Waals surface area (Å²) in [7, 11) is -4.72. The van der Waals surface area contributed by atoms with Crippen LogP contribution < -0.4 is 15.1 Å². The average molecular weight is 256 g/mol. The van der Waals surface area contributed by atoms with Crippen LogP contribution >= 0.6 is 7.60 Å². The predicted octanol–water partition coefficient (Wildman–Crippen LogP) is 0.512. The second-order valence-electron chi connectivity index (χ2n) is 3.38. The third kappa shape index (κ3) is 3.41. The Morgan fingerprint density at radius 2 is 1.35 bits per heavy atom. The molecule has 5 heteroatoms. The van der Waals surface area contributed by atoms with Crippen molar-refractivity contribution in [2.24, 2.45) is 0 Å². The second kappa shape index (κ2) is 5.80. The normalized spacial score (nSPS) is 10.7. The minimum absolute atomic E-state index is 0. The number of benzene rings is 2. The van der Waals surface area contributed by atoms with Gasteiger partial charge in [-0.3, -0.25) is 0 Å². The Hall–Kier alpha value is -0.644. The van der Waals surface area contributed by atoms with Gasteiger partial charge in [0.15, 0.2) is 0 Å². The van der Waals surface area contributed by atoms with Crippen LogP contribution in [0.15, 0.2) is 54.6 Å². The Balaban J connectivity index is 0.00000144. The molecule has 0 saturated heterocycles. The Morgan fingerprint density at radius 3 is 1.94 bits per heavy atom. The van der Waals surface area contributed by atoms with Crippen LogP contribution in [0.1, 0.15) is 0 Å². The first kappa shape index (κ1) is 14.4. The summed E-state index contributed by atoms with van der Waals surface area (Å²) in [6.45, 7) is 0. The van der Waals surface area contributed by atoms with E-state index < -0.39 is 7.60 Å². The molecule has 0 fully saturated rings. The average Bonchev–Trinajstić information content (AvgIpc) is 2.29. The van der Waals surface area contributed by atoms with E-state index in [4.69, 9.17) is 0 Å². The van der Waals surface area contributed by atoms with Crippen LogP contribution in [0.4, 0.5) is 0 Å². The van der Waals surface area contributed by atoms with Crippen molar-refractivity contribution in [2.75, 3.05) is 0 Å². The molecule has 82 valence electrons. The van der Waals surface area contributed by atoms with Gasteiger partial charge in [0.2, 0.25) is 0 Å². The van der Waals surface area contributed by atoms with Crippen LogP contribution in [0.3, 0.4) is 0 Å². The van der Waals surface area contributed by atoms with Gasteiger partial charge >= 0.3 is 23.1 Å². The minimum Gasteiger partial charge on any atom is -0.807 e. The standard InChI is InChI=1S/C12H11O3P.Mg/c13-16(14,15)12-9-5-4-8-11(12)10-6-2-1-3-7-10;/h1-9H,(H2,13,14,15);/q;+2/p-2. The molecule has 0 N–H and O–H groups in total. The number of rotatable bonds is 2. The monoisotopic (exact) mass is 256 g/mol. The van der Waals surface area contributed by atoms with E-state index in [9.17, 15) is 14.4 Å². The van der Waals surface area contributed by atoms with Crippen molar-refractivity contribution in [3.63, 3.8) is 0 Å².